The second-order valence-corrected chi connectivity index (χ2v) is 6.54. The maximum Gasteiger partial charge on any atom is 0.255 e. The molecule has 0 fully saturated rings. The van der Waals surface area contributed by atoms with Gasteiger partial charge in [-0.1, -0.05) is 48.5 Å². The van der Waals surface area contributed by atoms with Crippen molar-refractivity contribution >= 4 is 22.7 Å². The van der Waals surface area contributed by atoms with E-state index in [9.17, 15) is 4.79 Å². The number of rotatable bonds is 5. The molecule has 0 unspecified atom stereocenters. The van der Waals surface area contributed by atoms with Crippen LogP contribution in [-0.4, -0.2) is 10.9 Å². The van der Waals surface area contributed by atoms with E-state index in [0.29, 0.717) is 17.0 Å². The Balaban J connectivity index is 1.50. The minimum atomic E-state index is -0.159. The van der Waals surface area contributed by atoms with Crippen molar-refractivity contribution in [3.63, 3.8) is 0 Å². The number of anilines is 1. The Labute approximate surface area is 157 Å². The molecule has 1 heterocycles. The lowest BCUT2D eigenvalue weighted by Crippen LogP contribution is -2.12. The summed E-state index contributed by atoms with van der Waals surface area (Å²) in [6.07, 6.45) is 1.59. The number of benzene rings is 3. The van der Waals surface area contributed by atoms with Crippen molar-refractivity contribution in [1.82, 2.24) is 4.98 Å². The molecule has 27 heavy (non-hydrogen) atoms. The fraction of sp³-hybridized carbons (Fsp3) is 0.130. The Morgan fingerprint density at radius 1 is 0.963 bits per heavy atom. The van der Waals surface area contributed by atoms with Crippen LogP contribution in [0.3, 0.4) is 0 Å². The van der Waals surface area contributed by atoms with Gasteiger partial charge in [-0.3, -0.25) is 4.79 Å². The lowest BCUT2D eigenvalue weighted by molar-refractivity contribution is 0.102. The van der Waals surface area contributed by atoms with Crippen molar-refractivity contribution in [2.75, 3.05) is 5.32 Å². The minimum Gasteiger partial charge on any atom is -0.441 e. The highest BCUT2D eigenvalue weighted by molar-refractivity contribution is 6.06. The molecule has 4 rings (SSSR count). The van der Waals surface area contributed by atoms with E-state index in [4.69, 9.17) is 4.42 Å². The van der Waals surface area contributed by atoms with E-state index in [1.54, 1.807) is 12.1 Å². The standard InChI is InChI=1S/C23H20N2O2/c1-16-7-5-6-10-19(16)25-23(26)18-12-13-20-21(15-18)27-22(24-20)14-11-17-8-3-2-4-9-17/h2-10,12-13,15H,11,14H2,1H3,(H,25,26). The highest BCUT2D eigenvalue weighted by Crippen LogP contribution is 2.20. The fourth-order valence-electron chi connectivity index (χ4n) is 3.02. The molecular weight excluding hydrogens is 336 g/mol. The molecular formula is C23H20N2O2. The van der Waals surface area contributed by atoms with Gasteiger partial charge in [0.25, 0.3) is 5.91 Å². The van der Waals surface area contributed by atoms with Gasteiger partial charge in [0.1, 0.15) is 5.52 Å². The number of aryl methyl sites for hydroxylation is 3. The second-order valence-electron chi connectivity index (χ2n) is 6.54. The molecule has 0 spiro atoms. The predicted molar refractivity (Wildman–Crippen MR) is 107 cm³/mol. The van der Waals surface area contributed by atoms with E-state index in [0.717, 1.165) is 29.6 Å². The molecule has 134 valence electrons. The number of amides is 1. The molecule has 4 nitrogen and oxygen atoms in total. The average Bonchev–Trinajstić information content (AvgIpc) is 3.11. The van der Waals surface area contributed by atoms with Crippen LogP contribution < -0.4 is 5.32 Å². The first-order valence-electron chi connectivity index (χ1n) is 8.99. The number of carbonyl (C=O) groups excluding carboxylic acids is 1. The largest absolute Gasteiger partial charge is 0.441 e. The lowest BCUT2D eigenvalue weighted by Gasteiger charge is -2.07. The molecule has 0 aliphatic carbocycles. The number of hydrogen-bond donors (Lipinski definition) is 1. The smallest absolute Gasteiger partial charge is 0.255 e. The van der Waals surface area contributed by atoms with Crippen molar-refractivity contribution < 1.29 is 9.21 Å². The normalized spacial score (nSPS) is 10.9. The Bertz CT molecular complexity index is 1080. The Hall–Kier alpha value is -3.40. The van der Waals surface area contributed by atoms with Gasteiger partial charge >= 0.3 is 0 Å². The molecule has 1 amide bonds. The van der Waals surface area contributed by atoms with E-state index in [2.05, 4.69) is 22.4 Å². The van der Waals surface area contributed by atoms with Crippen LogP contribution in [0.5, 0.6) is 0 Å². The van der Waals surface area contributed by atoms with Crippen LogP contribution in [0.1, 0.15) is 27.4 Å². The van der Waals surface area contributed by atoms with Crippen LogP contribution in [0.15, 0.2) is 77.2 Å². The monoisotopic (exact) mass is 356 g/mol. The molecule has 0 radical (unpaired) electrons. The molecule has 3 aromatic carbocycles. The first kappa shape index (κ1) is 17.0. The number of para-hydroxylation sites is 1. The van der Waals surface area contributed by atoms with Crippen molar-refractivity contribution in [1.29, 1.82) is 0 Å². The van der Waals surface area contributed by atoms with Crippen molar-refractivity contribution in [2.45, 2.75) is 19.8 Å². The van der Waals surface area contributed by atoms with Crippen LogP contribution in [0.25, 0.3) is 11.1 Å². The highest BCUT2D eigenvalue weighted by atomic mass is 16.3. The molecule has 4 aromatic rings. The number of aromatic nitrogens is 1. The summed E-state index contributed by atoms with van der Waals surface area (Å²) in [5, 5.41) is 2.94. The van der Waals surface area contributed by atoms with Crippen molar-refractivity contribution in [3.8, 4) is 0 Å². The molecule has 0 saturated carbocycles. The fourth-order valence-corrected chi connectivity index (χ4v) is 3.02. The maximum absolute atomic E-state index is 12.6. The zero-order valence-corrected chi connectivity index (χ0v) is 15.1. The van der Waals surface area contributed by atoms with Crippen LogP contribution in [0.4, 0.5) is 5.69 Å². The highest BCUT2D eigenvalue weighted by Gasteiger charge is 2.12. The van der Waals surface area contributed by atoms with E-state index >= 15 is 0 Å². The third-order valence-corrected chi connectivity index (χ3v) is 4.56. The van der Waals surface area contributed by atoms with E-state index in [-0.39, 0.29) is 5.91 Å². The zero-order valence-electron chi connectivity index (χ0n) is 15.1. The van der Waals surface area contributed by atoms with Gasteiger partial charge < -0.3 is 9.73 Å². The van der Waals surface area contributed by atoms with Gasteiger partial charge in [-0.05, 0) is 48.7 Å². The van der Waals surface area contributed by atoms with Crippen LogP contribution >= 0.6 is 0 Å². The Kier molecular flexibility index (Phi) is 4.71. The number of nitrogens with one attached hydrogen (secondary N) is 1. The summed E-state index contributed by atoms with van der Waals surface area (Å²) in [7, 11) is 0. The van der Waals surface area contributed by atoms with Gasteiger partial charge in [-0.2, -0.15) is 0 Å². The van der Waals surface area contributed by atoms with Gasteiger partial charge in [0.2, 0.25) is 0 Å². The summed E-state index contributed by atoms with van der Waals surface area (Å²) in [5.41, 5.74) is 5.04. The molecule has 0 atom stereocenters. The van der Waals surface area contributed by atoms with Crippen molar-refractivity contribution in [3.05, 3.63) is 95.4 Å². The number of fused-ring (bicyclic) bond motifs is 1. The van der Waals surface area contributed by atoms with Gasteiger partial charge in [0.05, 0.1) is 0 Å². The second kappa shape index (κ2) is 7.46. The molecule has 0 bridgehead atoms. The number of nitrogens with zero attached hydrogens (tertiary/aromatic N) is 1. The zero-order chi connectivity index (χ0) is 18.6. The first-order valence-corrected chi connectivity index (χ1v) is 8.99. The van der Waals surface area contributed by atoms with E-state index < -0.39 is 0 Å². The number of oxazole rings is 1. The summed E-state index contributed by atoms with van der Waals surface area (Å²) in [6.45, 7) is 1.97. The Morgan fingerprint density at radius 2 is 1.74 bits per heavy atom. The van der Waals surface area contributed by atoms with Gasteiger partial charge in [-0.25, -0.2) is 4.98 Å². The third-order valence-electron chi connectivity index (χ3n) is 4.56. The van der Waals surface area contributed by atoms with Gasteiger partial charge in [0.15, 0.2) is 11.5 Å². The Morgan fingerprint density at radius 3 is 2.56 bits per heavy atom. The van der Waals surface area contributed by atoms with Gasteiger partial charge in [0, 0.05) is 17.7 Å². The molecule has 1 N–H and O–H groups in total. The number of hydrogen-bond acceptors (Lipinski definition) is 3. The topological polar surface area (TPSA) is 55.1 Å². The molecule has 0 aliphatic heterocycles. The summed E-state index contributed by atoms with van der Waals surface area (Å²) < 4.78 is 5.86. The predicted octanol–water partition coefficient (Wildman–Crippen LogP) is 5.17. The summed E-state index contributed by atoms with van der Waals surface area (Å²) >= 11 is 0. The summed E-state index contributed by atoms with van der Waals surface area (Å²) in [4.78, 5) is 17.1. The lowest BCUT2D eigenvalue weighted by atomic mass is 10.1. The quantitative estimate of drug-likeness (QED) is 0.536. The van der Waals surface area contributed by atoms with Crippen molar-refractivity contribution in [2.24, 2.45) is 0 Å². The summed E-state index contributed by atoms with van der Waals surface area (Å²) in [5.74, 6) is 0.527. The molecule has 4 heteroatoms. The van der Waals surface area contributed by atoms with Crippen LogP contribution in [-0.2, 0) is 12.8 Å². The molecule has 1 aromatic heterocycles. The average molecular weight is 356 g/mol. The third kappa shape index (κ3) is 3.90. The first-order chi connectivity index (χ1) is 13.2. The number of carbonyl (C=O) groups is 1. The van der Waals surface area contributed by atoms with Crippen LogP contribution in [0.2, 0.25) is 0 Å². The van der Waals surface area contributed by atoms with E-state index in [1.165, 1.54) is 5.56 Å². The van der Waals surface area contributed by atoms with E-state index in [1.807, 2.05) is 55.5 Å². The SMILES string of the molecule is Cc1ccccc1NC(=O)c1ccc2nc(CCc3ccccc3)oc2c1. The van der Waals surface area contributed by atoms with Crippen LogP contribution in [0, 0.1) is 6.92 Å². The minimum absolute atomic E-state index is 0.159. The maximum atomic E-state index is 12.6. The molecule has 0 saturated heterocycles. The van der Waals surface area contributed by atoms with Gasteiger partial charge in [-0.15, -0.1) is 0 Å². The summed E-state index contributed by atoms with van der Waals surface area (Å²) in [6, 6.07) is 23.3. The molecule has 0 aliphatic rings.